The molecule has 218 valence electrons. The van der Waals surface area contributed by atoms with Gasteiger partial charge in [-0.15, -0.1) is 0 Å². The molecule has 2 aliphatic heterocycles. The van der Waals surface area contributed by atoms with Crippen LogP contribution in [0.4, 0.5) is 5.69 Å². The fourth-order valence-corrected chi connectivity index (χ4v) is 6.40. The number of para-hydroxylation sites is 1. The zero-order chi connectivity index (χ0) is 30.0. The zero-order valence-corrected chi connectivity index (χ0v) is 24.7. The lowest BCUT2D eigenvalue weighted by atomic mass is 9.94. The van der Waals surface area contributed by atoms with Gasteiger partial charge < -0.3 is 14.2 Å². The minimum absolute atomic E-state index is 0.155. The van der Waals surface area contributed by atoms with Crippen molar-refractivity contribution >= 4 is 40.4 Å². The Bertz CT molecular complexity index is 1790. The third-order valence-electron chi connectivity index (χ3n) is 7.02. The molecule has 3 aromatic rings. The van der Waals surface area contributed by atoms with E-state index >= 15 is 0 Å². The summed E-state index contributed by atoms with van der Waals surface area (Å²) < 4.78 is 17.6. The molecule has 2 aromatic carbocycles. The summed E-state index contributed by atoms with van der Waals surface area (Å²) in [7, 11) is 1.54. The minimum Gasteiger partial charge on any atom is -0.497 e. The van der Waals surface area contributed by atoms with E-state index in [4.69, 9.17) is 19.2 Å². The molecule has 11 heteroatoms. The first-order valence-electron chi connectivity index (χ1n) is 13.8. The lowest BCUT2D eigenvalue weighted by Gasteiger charge is -2.26. The van der Waals surface area contributed by atoms with E-state index in [-0.39, 0.29) is 35.4 Å². The van der Waals surface area contributed by atoms with Crippen LogP contribution < -0.4 is 24.5 Å². The number of rotatable bonds is 9. The van der Waals surface area contributed by atoms with Gasteiger partial charge in [0.25, 0.3) is 11.5 Å². The van der Waals surface area contributed by atoms with E-state index in [2.05, 4.69) is 0 Å². The van der Waals surface area contributed by atoms with Crippen molar-refractivity contribution in [2.75, 3.05) is 31.8 Å². The highest BCUT2D eigenvalue weighted by atomic mass is 32.1. The lowest BCUT2D eigenvalue weighted by Crippen LogP contribution is -2.41. The maximum absolute atomic E-state index is 14.3. The summed E-state index contributed by atoms with van der Waals surface area (Å²) in [6, 6.07) is 13.3. The van der Waals surface area contributed by atoms with E-state index in [1.807, 2.05) is 13.0 Å². The summed E-state index contributed by atoms with van der Waals surface area (Å²) in [6.07, 6.45) is 1.20. The molecule has 0 radical (unpaired) electrons. The van der Waals surface area contributed by atoms with Crippen LogP contribution in [0.25, 0.3) is 5.57 Å². The highest BCUT2D eigenvalue weighted by molar-refractivity contribution is 7.07. The average Bonchev–Trinajstić information content (AvgIpc) is 3.45. The fraction of sp³-hybridized carbons (Fsp3) is 0.323. The van der Waals surface area contributed by atoms with Gasteiger partial charge in [0.1, 0.15) is 16.8 Å². The van der Waals surface area contributed by atoms with Gasteiger partial charge in [0.15, 0.2) is 4.80 Å². The van der Waals surface area contributed by atoms with Crippen LogP contribution in [0, 0.1) is 0 Å². The Hall–Kier alpha value is -4.51. The smallest absolute Gasteiger partial charge is 0.338 e. The molecule has 2 aliphatic rings. The molecule has 0 aliphatic carbocycles. The van der Waals surface area contributed by atoms with Crippen molar-refractivity contribution in [2.24, 2.45) is 4.99 Å². The number of anilines is 1. The molecule has 1 aromatic heterocycles. The van der Waals surface area contributed by atoms with Gasteiger partial charge in [-0.25, -0.2) is 9.79 Å². The van der Waals surface area contributed by atoms with Gasteiger partial charge >= 0.3 is 11.9 Å². The SMILES string of the molecule is CCCC1=C(C(=O)OCC)[C@@H](c2cccc(OC)c2)n2c(s/c(=C3/C(=O)N(CC(=O)OCC)c4ccccc43)c2=O)=N1. The van der Waals surface area contributed by atoms with Crippen LogP contribution in [0.3, 0.4) is 0 Å². The van der Waals surface area contributed by atoms with Gasteiger partial charge in [0, 0.05) is 5.56 Å². The molecule has 0 N–H and O–H groups in total. The normalized spacial score (nSPS) is 17.0. The zero-order valence-electron chi connectivity index (χ0n) is 23.8. The van der Waals surface area contributed by atoms with E-state index in [9.17, 15) is 19.2 Å². The van der Waals surface area contributed by atoms with Crippen molar-refractivity contribution in [2.45, 2.75) is 39.7 Å². The Balaban J connectivity index is 1.79. The van der Waals surface area contributed by atoms with Crippen molar-refractivity contribution in [3.8, 4) is 5.75 Å². The molecule has 0 spiro atoms. The number of hydrogen-bond donors (Lipinski definition) is 0. The van der Waals surface area contributed by atoms with E-state index in [1.165, 1.54) is 9.47 Å². The number of hydrogen-bond acceptors (Lipinski definition) is 9. The number of carbonyl (C=O) groups excluding carboxylic acids is 3. The quantitative estimate of drug-likeness (QED) is 0.353. The van der Waals surface area contributed by atoms with Crippen molar-refractivity contribution in [1.82, 2.24) is 4.57 Å². The topological polar surface area (TPSA) is 117 Å². The van der Waals surface area contributed by atoms with E-state index in [0.29, 0.717) is 45.9 Å². The van der Waals surface area contributed by atoms with Gasteiger partial charge in [-0.1, -0.05) is 55.0 Å². The number of thiazole rings is 1. The third-order valence-corrected chi connectivity index (χ3v) is 8.07. The van der Waals surface area contributed by atoms with Gasteiger partial charge in [-0.2, -0.15) is 0 Å². The second kappa shape index (κ2) is 12.2. The van der Waals surface area contributed by atoms with Crippen LogP contribution in [-0.2, 0) is 23.9 Å². The highest BCUT2D eigenvalue weighted by Gasteiger charge is 2.38. The maximum atomic E-state index is 14.3. The number of allylic oxidation sites excluding steroid dienone is 1. The molecule has 0 bridgehead atoms. The third kappa shape index (κ3) is 5.04. The van der Waals surface area contributed by atoms with E-state index in [0.717, 1.165) is 11.3 Å². The summed E-state index contributed by atoms with van der Waals surface area (Å²) >= 11 is 1.09. The van der Waals surface area contributed by atoms with Crippen LogP contribution in [0.1, 0.15) is 50.8 Å². The molecule has 42 heavy (non-hydrogen) atoms. The number of nitrogens with zero attached hydrogens (tertiary/aromatic N) is 3. The average molecular weight is 590 g/mol. The summed E-state index contributed by atoms with van der Waals surface area (Å²) in [5, 5.41) is 0. The summed E-state index contributed by atoms with van der Waals surface area (Å²) in [4.78, 5) is 60.4. The molecule has 0 unspecified atom stereocenters. The molecule has 3 heterocycles. The Morgan fingerprint density at radius 1 is 1.00 bits per heavy atom. The Morgan fingerprint density at radius 3 is 2.48 bits per heavy atom. The number of ether oxygens (including phenoxy) is 3. The summed E-state index contributed by atoms with van der Waals surface area (Å²) in [5.41, 5.74) is 2.21. The van der Waals surface area contributed by atoms with Crippen molar-refractivity contribution in [3.63, 3.8) is 0 Å². The number of methoxy groups -OCH3 is 1. The van der Waals surface area contributed by atoms with Crippen molar-refractivity contribution in [3.05, 3.63) is 90.6 Å². The van der Waals surface area contributed by atoms with Gasteiger partial charge in [0.05, 0.1) is 48.9 Å². The van der Waals surface area contributed by atoms with E-state index < -0.39 is 29.4 Å². The standard InChI is InChI=1S/C31H31N3O7S/c1-5-11-21-25(30(38)41-7-3)26(18-12-10-13-19(16-18)39-4)34-29(37)27(42-31(34)32-21)24-20-14-8-9-15-22(20)33(28(24)36)17-23(35)40-6-2/h8-10,12-16,26H,5-7,11,17H2,1-4H3/b27-24+/t26-/m1/s1. The van der Waals surface area contributed by atoms with Crippen LogP contribution in [0.15, 0.2) is 69.6 Å². The van der Waals surface area contributed by atoms with Crippen molar-refractivity contribution in [1.29, 1.82) is 0 Å². The molecule has 10 nitrogen and oxygen atoms in total. The largest absolute Gasteiger partial charge is 0.497 e. The molecule has 1 amide bonds. The van der Waals surface area contributed by atoms with Gasteiger partial charge in [-0.3, -0.25) is 23.9 Å². The molecular formula is C31H31N3O7S. The molecular weight excluding hydrogens is 558 g/mol. The second-order valence-electron chi connectivity index (χ2n) is 9.60. The van der Waals surface area contributed by atoms with Crippen LogP contribution in [0.2, 0.25) is 0 Å². The van der Waals surface area contributed by atoms with E-state index in [1.54, 1.807) is 63.4 Å². The Labute approximate surface area is 246 Å². The first-order chi connectivity index (χ1) is 20.3. The summed E-state index contributed by atoms with van der Waals surface area (Å²) in [5.74, 6) is -1.03. The maximum Gasteiger partial charge on any atom is 0.338 e. The van der Waals surface area contributed by atoms with Gasteiger partial charge in [0.2, 0.25) is 0 Å². The second-order valence-corrected chi connectivity index (χ2v) is 10.6. The number of benzene rings is 2. The van der Waals surface area contributed by atoms with Crippen LogP contribution in [0.5, 0.6) is 5.75 Å². The minimum atomic E-state index is -0.853. The predicted octanol–water partition coefficient (Wildman–Crippen LogP) is 2.87. The number of esters is 2. The lowest BCUT2D eigenvalue weighted by molar-refractivity contribution is -0.142. The fourth-order valence-electron chi connectivity index (χ4n) is 5.29. The number of carbonyl (C=O) groups is 3. The van der Waals surface area contributed by atoms with Crippen LogP contribution in [-0.4, -0.2) is 49.3 Å². The first kappa shape index (κ1) is 29.0. The molecule has 5 rings (SSSR count). The summed E-state index contributed by atoms with van der Waals surface area (Å²) in [6.45, 7) is 5.45. The van der Waals surface area contributed by atoms with Crippen molar-refractivity contribution < 1.29 is 28.6 Å². The molecule has 0 saturated carbocycles. The first-order valence-corrected chi connectivity index (χ1v) is 14.6. The predicted molar refractivity (Wildman–Crippen MR) is 157 cm³/mol. The number of amides is 1. The van der Waals surface area contributed by atoms with Gasteiger partial charge in [-0.05, 0) is 44.0 Å². The molecule has 0 fully saturated rings. The Morgan fingerprint density at radius 2 is 1.76 bits per heavy atom. The number of aromatic nitrogens is 1. The monoisotopic (exact) mass is 589 g/mol. The highest BCUT2D eigenvalue weighted by Crippen LogP contribution is 2.36. The number of fused-ring (bicyclic) bond motifs is 2. The molecule has 1 atom stereocenters. The van der Waals surface area contributed by atoms with Crippen LogP contribution >= 0.6 is 11.3 Å². The Kier molecular flexibility index (Phi) is 8.39. The molecule has 0 saturated heterocycles.